The highest BCUT2D eigenvalue weighted by Crippen LogP contribution is 2.49. The molecule has 10 rings (SSSR count). The van der Waals surface area contributed by atoms with E-state index in [0.717, 1.165) is 59.3 Å². The molecule has 0 spiro atoms. The fourth-order valence-electron chi connectivity index (χ4n) is 7.02. The smallest absolute Gasteiger partial charge is 0.201 e. The number of hydrogen-bond acceptors (Lipinski definition) is 8. The molecule has 1 aliphatic carbocycles. The zero-order chi connectivity index (χ0) is 30.4. The summed E-state index contributed by atoms with van der Waals surface area (Å²) >= 11 is 0. The van der Waals surface area contributed by atoms with Gasteiger partial charge in [-0.1, -0.05) is 36.4 Å². The third-order valence-corrected chi connectivity index (χ3v) is 9.43. The SMILES string of the molecule is COC1=C[C@@H]2CCN=C3Cc4ccc(cc4)Oc4c(O)c(OC)cc5c4[C@@H](Cc4ccc(cc4)COC1=C(O)[C@@H]32)N(C)CC5. The van der Waals surface area contributed by atoms with Crippen molar-refractivity contribution in [3.8, 4) is 23.0 Å². The van der Waals surface area contributed by atoms with Crippen molar-refractivity contribution in [1.29, 1.82) is 0 Å². The van der Waals surface area contributed by atoms with Crippen molar-refractivity contribution in [2.45, 2.75) is 38.3 Å². The Balaban J connectivity index is 1.33. The van der Waals surface area contributed by atoms with Crippen LogP contribution in [0.2, 0.25) is 0 Å². The number of aromatic hydroxyl groups is 1. The Labute approximate surface area is 257 Å². The van der Waals surface area contributed by atoms with Crippen molar-refractivity contribution >= 4 is 5.71 Å². The van der Waals surface area contributed by atoms with Crippen LogP contribution in [0.4, 0.5) is 0 Å². The predicted octanol–water partition coefficient (Wildman–Crippen LogP) is 6.43. The number of aliphatic hydroxyl groups is 1. The predicted molar refractivity (Wildman–Crippen MR) is 168 cm³/mol. The quantitative estimate of drug-likeness (QED) is 0.353. The summed E-state index contributed by atoms with van der Waals surface area (Å²) in [5.41, 5.74) is 6.22. The van der Waals surface area contributed by atoms with Gasteiger partial charge in [-0.25, -0.2) is 0 Å². The first-order chi connectivity index (χ1) is 21.4. The molecule has 8 heteroatoms. The summed E-state index contributed by atoms with van der Waals surface area (Å²) in [5, 5.41) is 22.9. The molecule has 3 atom stereocenters. The molecule has 44 heavy (non-hydrogen) atoms. The molecular formula is C36H38N2O6. The van der Waals surface area contributed by atoms with E-state index < -0.39 is 0 Å². The van der Waals surface area contributed by atoms with Gasteiger partial charge in [-0.15, -0.1) is 0 Å². The molecule has 7 aliphatic rings. The van der Waals surface area contributed by atoms with Gasteiger partial charge in [0.1, 0.15) is 18.1 Å². The molecule has 2 N–H and O–H groups in total. The normalized spacial score (nSPS) is 23.1. The summed E-state index contributed by atoms with van der Waals surface area (Å²) in [4.78, 5) is 7.19. The molecule has 0 saturated heterocycles. The largest absolute Gasteiger partial charge is 0.508 e. The molecule has 0 fully saturated rings. The number of hydrogen-bond donors (Lipinski definition) is 2. The summed E-state index contributed by atoms with van der Waals surface area (Å²) in [6.07, 6.45) is 5.06. The maximum atomic E-state index is 11.6. The highest BCUT2D eigenvalue weighted by atomic mass is 16.5. The number of phenols is 1. The van der Waals surface area contributed by atoms with Gasteiger partial charge in [0.05, 0.1) is 20.1 Å². The van der Waals surface area contributed by atoms with Gasteiger partial charge in [0, 0.05) is 36.8 Å². The Hall–Kier alpha value is -4.43. The van der Waals surface area contributed by atoms with E-state index in [1.807, 2.05) is 30.3 Å². The van der Waals surface area contributed by atoms with Crippen molar-refractivity contribution < 1.29 is 29.2 Å². The number of allylic oxidation sites excluding steroid dienone is 2. The Bertz CT molecular complexity index is 1660. The van der Waals surface area contributed by atoms with Gasteiger partial charge < -0.3 is 29.2 Å². The first-order valence-electron chi connectivity index (χ1n) is 15.3. The van der Waals surface area contributed by atoms with Gasteiger partial charge >= 0.3 is 0 Å². The fourth-order valence-corrected chi connectivity index (χ4v) is 7.02. The fraction of sp³-hybridized carbons (Fsp3) is 0.361. The minimum Gasteiger partial charge on any atom is -0.508 e. The Morgan fingerprint density at radius 3 is 2.45 bits per heavy atom. The third-order valence-electron chi connectivity index (χ3n) is 9.43. The average molecular weight is 595 g/mol. The van der Waals surface area contributed by atoms with Crippen molar-refractivity contribution in [2.24, 2.45) is 16.8 Å². The van der Waals surface area contributed by atoms with Gasteiger partial charge in [0.2, 0.25) is 5.75 Å². The van der Waals surface area contributed by atoms with Crippen molar-refractivity contribution in [1.82, 2.24) is 4.90 Å². The van der Waals surface area contributed by atoms with Crippen LogP contribution in [-0.2, 0) is 35.3 Å². The van der Waals surface area contributed by atoms with Crippen LogP contribution < -0.4 is 9.47 Å². The second kappa shape index (κ2) is 11.6. The number of rotatable bonds is 2. The third kappa shape index (κ3) is 5.07. The van der Waals surface area contributed by atoms with Gasteiger partial charge in [-0.2, -0.15) is 0 Å². The van der Waals surface area contributed by atoms with Gasteiger partial charge in [-0.05, 0) is 78.8 Å². The van der Waals surface area contributed by atoms with E-state index in [0.29, 0.717) is 48.3 Å². The maximum Gasteiger partial charge on any atom is 0.201 e. The molecular weight excluding hydrogens is 556 g/mol. The summed E-state index contributed by atoms with van der Waals surface area (Å²) in [6, 6.07) is 18.2. The molecule has 3 aromatic carbocycles. The maximum absolute atomic E-state index is 11.6. The van der Waals surface area contributed by atoms with Crippen LogP contribution in [0, 0.1) is 11.8 Å². The summed E-state index contributed by atoms with van der Waals surface area (Å²) in [6.45, 7) is 1.87. The minimum absolute atomic E-state index is 0.00622. The molecule has 6 bridgehead atoms. The molecule has 0 unspecified atom stereocenters. The van der Waals surface area contributed by atoms with E-state index in [-0.39, 0.29) is 29.4 Å². The van der Waals surface area contributed by atoms with Gasteiger partial charge in [0.25, 0.3) is 0 Å². The van der Waals surface area contributed by atoms with Gasteiger partial charge in [-0.3, -0.25) is 9.89 Å². The summed E-state index contributed by atoms with van der Waals surface area (Å²) < 4.78 is 24.0. The number of aliphatic hydroxyl groups excluding tert-OH is 1. The number of benzene rings is 3. The topological polar surface area (TPSA) is 93.0 Å². The van der Waals surface area contributed by atoms with Crippen LogP contribution in [0.15, 0.2) is 82.9 Å². The highest BCUT2D eigenvalue weighted by molar-refractivity contribution is 5.92. The van der Waals surface area contributed by atoms with Crippen LogP contribution >= 0.6 is 0 Å². The lowest BCUT2D eigenvalue weighted by Gasteiger charge is -2.36. The molecule has 0 aromatic heterocycles. The summed E-state index contributed by atoms with van der Waals surface area (Å²) in [7, 11) is 5.30. The van der Waals surface area contributed by atoms with E-state index in [9.17, 15) is 10.2 Å². The van der Waals surface area contributed by atoms with Crippen LogP contribution in [0.1, 0.15) is 40.3 Å². The molecule has 228 valence electrons. The Kier molecular flexibility index (Phi) is 7.46. The van der Waals surface area contributed by atoms with Gasteiger partial charge in [0.15, 0.2) is 23.0 Å². The monoisotopic (exact) mass is 594 g/mol. The number of likely N-dealkylation sites (N-methyl/N-ethyl adjacent to an activating group) is 1. The van der Waals surface area contributed by atoms with Crippen molar-refractivity contribution in [2.75, 3.05) is 34.4 Å². The number of nitrogens with zero attached hydrogens (tertiary/aromatic N) is 2. The second-order valence-corrected chi connectivity index (χ2v) is 12.1. The lowest BCUT2D eigenvalue weighted by Crippen LogP contribution is -2.34. The van der Waals surface area contributed by atoms with Crippen LogP contribution in [0.5, 0.6) is 23.0 Å². The van der Waals surface area contributed by atoms with Crippen LogP contribution in [0.25, 0.3) is 0 Å². The zero-order valence-electron chi connectivity index (χ0n) is 25.4. The Morgan fingerprint density at radius 1 is 0.955 bits per heavy atom. The Morgan fingerprint density at radius 2 is 1.70 bits per heavy atom. The lowest BCUT2D eigenvalue weighted by atomic mass is 9.77. The molecule has 8 nitrogen and oxygen atoms in total. The summed E-state index contributed by atoms with van der Waals surface area (Å²) in [5.74, 6) is 2.42. The van der Waals surface area contributed by atoms with E-state index in [2.05, 4.69) is 42.3 Å². The molecule has 0 amide bonds. The van der Waals surface area contributed by atoms with E-state index in [4.69, 9.17) is 23.9 Å². The first-order valence-corrected chi connectivity index (χ1v) is 15.3. The minimum atomic E-state index is -0.268. The number of aliphatic imine (C=N–C) groups is 1. The molecule has 6 aliphatic heterocycles. The lowest BCUT2D eigenvalue weighted by molar-refractivity contribution is 0.131. The van der Waals surface area contributed by atoms with Crippen LogP contribution in [0.3, 0.4) is 0 Å². The zero-order valence-corrected chi connectivity index (χ0v) is 25.4. The number of ether oxygens (including phenoxy) is 4. The first kappa shape index (κ1) is 28.3. The molecule has 3 aromatic rings. The molecule has 0 saturated carbocycles. The van der Waals surface area contributed by atoms with Crippen molar-refractivity contribution in [3.05, 3.63) is 106 Å². The van der Waals surface area contributed by atoms with E-state index in [1.54, 1.807) is 14.2 Å². The molecule has 6 heterocycles. The highest BCUT2D eigenvalue weighted by Gasteiger charge is 2.39. The van der Waals surface area contributed by atoms with E-state index in [1.165, 1.54) is 0 Å². The standard InChI is InChI=1S/C36H38N2O6/c1-38-15-13-25-18-29(41-2)33(39)36-32(25)28(38)17-22-4-6-23(7-5-22)20-43-35-30(42-3)19-24-12-14-37-27(31(24)34(35)40)16-21-8-10-26(44-36)11-9-21/h4-11,18-19,24,28,31,39-40H,12-17,20H2,1-3H3/t24-,28+,31+/m0/s1. The molecule has 0 radical (unpaired) electrons. The van der Waals surface area contributed by atoms with Crippen molar-refractivity contribution in [3.63, 3.8) is 0 Å². The second-order valence-electron chi connectivity index (χ2n) is 12.1. The number of methoxy groups -OCH3 is 2. The number of phenolic OH excluding ortho intramolecular Hbond substituents is 1. The van der Waals surface area contributed by atoms with E-state index >= 15 is 0 Å². The average Bonchev–Trinajstić information content (AvgIpc) is 3.04. The van der Waals surface area contributed by atoms with Crippen LogP contribution in [-0.4, -0.2) is 55.2 Å².